The van der Waals surface area contributed by atoms with Crippen LogP contribution in [0.2, 0.25) is 0 Å². The predicted octanol–water partition coefficient (Wildman–Crippen LogP) is 2.49. The molecule has 2 aliphatic carbocycles. The molecule has 158 valence electrons. The maximum Gasteiger partial charge on any atom is 0.343 e. The number of ether oxygens (including phenoxy) is 1. The number of carbonyl (C=O) groups is 1. The number of rotatable bonds is 4. The van der Waals surface area contributed by atoms with Crippen LogP contribution in [-0.4, -0.2) is 41.3 Å². The Kier molecular flexibility index (Phi) is 4.65. The van der Waals surface area contributed by atoms with E-state index in [9.17, 15) is 9.59 Å². The van der Waals surface area contributed by atoms with Gasteiger partial charge in [-0.2, -0.15) is 0 Å². The van der Waals surface area contributed by atoms with Crippen molar-refractivity contribution in [3.8, 4) is 0 Å². The Hall–Kier alpha value is -2.67. The van der Waals surface area contributed by atoms with Gasteiger partial charge in [0, 0.05) is 37.3 Å². The van der Waals surface area contributed by atoms with Crippen LogP contribution in [0.15, 0.2) is 35.3 Å². The van der Waals surface area contributed by atoms with Crippen molar-refractivity contribution in [1.29, 1.82) is 0 Å². The van der Waals surface area contributed by atoms with E-state index in [2.05, 4.69) is 24.0 Å². The molecule has 1 saturated carbocycles. The minimum atomic E-state index is -0.568. The fraction of sp³-hybridized carbons (Fsp3) is 0.522. The maximum absolute atomic E-state index is 13.0. The van der Waals surface area contributed by atoms with E-state index in [1.165, 1.54) is 0 Å². The van der Waals surface area contributed by atoms with Crippen molar-refractivity contribution in [2.75, 3.05) is 24.6 Å². The molecule has 3 aliphatic rings. The van der Waals surface area contributed by atoms with Gasteiger partial charge in [-0.1, -0.05) is 19.1 Å². The highest BCUT2D eigenvalue weighted by Crippen LogP contribution is 2.39. The van der Waals surface area contributed by atoms with E-state index in [0.29, 0.717) is 28.8 Å². The minimum absolute atomic E-state index is 0.0773. The summed E-state index contributed by atoms with van der Waals surface area (Å²) in [6.07, 6.45) is 8.05. The van der Waals surface area contributed by atoms with Crippen LogP contribution in [-0.2, 0) is 4.74 Å². The van der Waals surface area contributed by atoms with E-state index in [4.69, 9.17) is 15.5 Å². The van der Waals surface area contributed by atoms with Crippen LogP contribution in [0.1, 0.15) is 43.1 Å². The largest absolute Gasteiger partial charge is 0.462 e. The molecular formula is C23H28N4O3. The van der Waals surface area contributed by atoms with E-state index < -0.39 is 5.97 Å². The highest BCUT2D eigenvalue weighted by molar-refractivity contribution is 5.93. The Balaban J connectivity index is 1.55. The van der Waals surface area contributed by atoms with Gasteiger partial charge in [0.05, 0.1) is 12.0 Å². The van der Waals surface area contributed by atoms with E-state index in [-0.39, 0.29) is 29.7 Å². The molecule has 0 radical (unpaired) electrons. The zero-order valence-electron chi connectivity index (χ0n) is 17.5. The molecule has 2 fully saturated rings. The SMILES string of the molecule is CCOC(=O)c1cn(C2CC2)c2nc(N3CC4C(C)C=CC(N)C4C3)ccc2c1=O. The Morgan fingerprint density at radius 2 is 2.00 bits per heavy atom. The molecule has 0 amide bonds. The zero-order valence-corrected chi connectivity index (χ0v) is 17.5. The van der Waals surface area contributed by atoms with Crippen LogP contribution in [0.3, 0.4) is 0 Å². The van der Waals surface area contributed by atoms with Gasteiger partial charge in [0.15, 0.2) is 0 Å². The molecule has 7 heteroatoms. The van der Waals surface area contributed by atoms with Gasteiger partial charge in [0.25, 0.3) is 0 Å². The van der Waals surface area contributed by atoms with Gasteiger partial charge < -0.3 is 19.9 Å². The number of hydrogen-bond donors (Lipinski definition) is 1. The number of hydrogen-bond acceptors (Lipinski definition) is 6. The third-order valence-electron chi connectivity index (χ3n) is 6.84. The topological polar surface area (TPSA) is 90.5 Å². The van der Waals surface area contributed by atoms with Crippen molar-refractivity contribution in [3.05, 3.63) is 46.3 Å². The summed E-state index contributed by atoms with van der Waals surface area (Å²) in [6, 6.07) is 4.07. The summed E-state index contributed by atoms with van der Waals surface area (Å²) in [6.45, 7) is 6.01. The highest BCUT2D eigenvalue weighted by atomic mass is 16.5. The zero-order chi connectivity index (χ0) is 21.0. The van der Waals surface area contributed by atoms with Crippen molar-refractivity contribution in [2.24, 2.45) is 23.5 Å². The normalized spacial score (nSPS) is 28.0. The summed E-state index contributed by atoms with van der Waals surface area (Å²) in [5, 5.41) is 0.472. The molecule has 0 bridgehead atoms. The third-order valence-corrected chi connectivity index (χ3v) is 6.84. The number of carbonyl (C=O) groups excluding carboxylic acids is 1. The second kappa shape index (κ2) is 7.23. The van der Waals surface area contributed by atoms with Crippen LogP contribution in [0.4, 0.5) is 5.82 Å². The molecule has 4 unspecified atom stereocenters. The number of esters is 1. The first kappa shape index (κ1) is 19.3. The number of nitrogens with zero attached hydrogens (tertiary/aromatic N) is 3. The van der Waals surface area contributed by atoms with Crippen molar-refractivity contribution in [1.82, 2.24) is 9.55 Å². The lowest BCUT2D eigenvalue weighted by Gasteiger charge is -2.30. The summed E-state index contributed by atoms with van der Waals surface area (Å²) >= 11 is 0. The van der Waals surface area contributed by atoms with E-state index in [1.807, 2.05) is 16.7 Å². The maximum atomic E-state index is 13.0. The summed E-state index contributed by atoms with van der Waals surface area (Å²) < 4.78 is 7.09. The van der Waals surface area contributed by atoms with Gasteiger partial charge in [0.2, 0.25) is 5.43 Å². The standard InChI is InChI=1S/C23H28N4O3/c1-3-30-23(29)18-12-27(14-5-6-14)22-15(21(18)28)7-9-20(25-22)26-10-16-13(2)4-8-19(24)17(16)11-26/h4,7-9,12-14,16-17,19H,3,5-6,10-11,24H2,1-2H3. The molecule has 7 nitrogen and oxygen atoms in total. The number of allylic oxidation sites excluding steroid dienone is 1. The first-order valence-electron chi connectivity index (χ1n) is 10.9. The summed E-state index contributed by atoms with van der Waals surface area (Å²) in [5.74, 6) is 1.73. The smallest absolute Gasteiger partial charge is 0.343 e. The quantitative estimate of drug-likeness (QED) is 0.617. The molecule has 1 aliphatic heterocycles. The lowest BCUT2D eigenvalue weighted by Crippen LogP contribution is -2.38. The molecule has 2 aromatic heterocycles. The van der Waals surface area contributed by atoms with Gasteiger partial charge in [-0.15, -0.1) is 0 Å². The molecule has 0 aromatic carbocycles. The Morgan fingerprint density at radius 1 is 1.23 bits per heavy atom. The van der Waals surface area contributed by atoms with E-state index >= 15 is 0 Å². The Morgan fingerprint density at radius 3 is 2.70 bits per heavy atom. The van der Waals surface area contributed by atoms with Crippen LogP contribution in [0, 0.1) is 17.8 Å². The second-order valence-corrected chi connectivity index (χ2v) is 8.83. The lowest BCUT2D eigenvalue weighted by atomic mass is 9.77. The molecule has 5 rings (SSSR count). The molecular weight excluding hydrogens is 380 g/mol. The third kappa shape index (κ3) is 3.12. The Labute approximate surface area is 175 Å². The summed E-state index contributed by atoms with van der Waals surface area (Å²) in [7, 11) is 0. The van der Waals surface area contributed by atoms with Crippen molar-refractivity contribution in [2.45, 2.75) is 38.8 Å². The van der Waals surface area contributed by atoms with Crippen LogP contribution in [0.25, 0.3) is 11.0 Å². The van der Waals surface area contributed by atoms with Gasteiger partial charge in [-0.05, 0) is 43.7 Å². The minimum Gasteiger partial charge on any atom is -0.462 e. The van der Waals surface area contributed by atoms with Crippen LogP contribution < -0.4 is 16.1 Å². The lowest BCUT2D eigenvalue weighted by molar-refractivity contribution is 0.0524. The first-order valence-corrected chi connectivity index (χ1v) is 10.9. The Bertz CT molecular complexity index is 1070. The first-order chi connectivity index (χ1) is 14.5. The summed E-state index contributed by atoms with van der Waals surface area (Å²) in [5.41, 5.74) is 6.78. The van der Waals surface area contributed by atoms with Gasteiger partial charge >= 0.3 is 5.97 Å². The van der Waals surface area contributed by atoms with Crippen molar-refractivity contribution in [3.63, 3.8) is 0 Å². The van der Waals surface area contributed by atoms with Crippen molar-refractivity contribution < 1.29 is 9.53 Å². The van der Waals surface area contributed by atoms with Gasteiger partial charge in [-0.25, -0.2) is 9.78 Å². The van der Waals surface area contributed by atoms with Crippen LogP contribution >= 0.6 is 0 Å². The van der Waals surface area contributed by atoms with Gasteiger partial charge in [-0.3, -0.25) is 4.79 Å². The van der Waals surface area contributed by atoms with E-state index in [1.54, 1.807) is 13.1 Å². The van der Waals surface area contributed by atoms with Crippen LogP contribution in [0.5, 0.6) is 0 Å². The average Bonchev–Trinajstić information content (AvgIpc) is 3.47. The molecule has 2 aromatic rings. The summed E-state index contributed by atoms with van der Waals surface area (Å²) in [4.78, 5) is 32.5. The average molecular weight is 409 g/mol. The fourth-order valence-corrected chi connectivity index (χ4v) is 4.97. The number of aromatic nitrogens is 2. The fourth-order valence-electron chi connectivity index (χ4n) is 4.97. The molecule has 4 atom stereocenters. The number of nitrogens with two attached hydrogens (primary N) is 1. The molecule has 30 heavy (non-hydrogen) atoms. The highest BCUT2D eigenvalue weighted by Gasteiger charge is 2.40. The predicted molar refractivity (Wildman–Crippen MR) is 116 cm³/mol. The second-order valence-electron chi connectivity index (χ2n) is 8.83. The van der Waals surface area contributed by atoms with Crippen molar-refractivity contribution >= 4 is 22.8 Å². The molecule has 3 heterocycles. The molecule has 1 saturated heterocycles. The number of anilines is 1. The number of fused-ring (bicyclic) bond motifs is 2. The van der Waals surface area contributed by atoms with E-state index in [0.717, 1.165) is 31.7 Å². The number of pyridine rings is 2. The molecule has 2 N–H and O–H groups in total. The van der Waals surface area contributed by atoms with Gasteiger partial charge in [0.1, 0.15) is 17.0 Å². The molecule has 0 spiro atoms. The monoisotopic (exact) mass is 408 g/mol.